The summed E-state index contributed by atoms with van der Waals surface area (Å²) in [5.74, 6) is 1.25. The van der Waals surface area contributed by atoms with Gasteiger partial charge in [-0.25, -0.2) is 4.68 Å². The Balaban J connectivity index is 2.02. The Kier molecular flexibility index (Phi) is 3.84. The second kappa shape index (κ2) is 5.61. The third-order valence-corrected chi connectivity index (χ3v) is 4.51. The lowest BCUT2D eigenvalue weighted by molar-refractivity contribution is 0.634. The lowest BCUT2D eigenvalue weighted by atomic mass is 9.92. The second-order valence-corrected chi connectivity index (χ2v) is 6.11. The van der Waals surface area contributed by atoms with Crippen molar-refractivity contribution in [2.75, 3.05) is 0 Å². The first-order valence-corrected chi connectivity index (χ1v) is 7.96. The molecular weight excluding hydrogens is 268 g/mol. The van der Waals surface area contributed by atoms with E-state index < -0.39 is 0 Å². The van der Waals surface area contributed by atoms with E-state index in [0.29, 0.717) is 11.8 Å². The maximum absolute atomic E-state index is 6.20. The molecule has 0 spiro atoms. The van der Waals surface area contributed by atoms with Crippen LogP contribution in [-0.2, 0) is 0 Å². The predicted molar refractivity (Wildman–Crippen MR) is 83.9 cm³/mol. The molecule has 1 aliphatic carbocycles. The van der Waals surface area contributed by atoms with Crippen LogP contribution in [0.15, 0.2) is 30.5 Å². The van der Waals surface area contributed by atoms with Crippen molar-refractivity contribution < 1.29 is 0 Å². The van der Waals surface area contributed by atoms with Crippen LogP contribution in [0.5, 0.6) is 0 Å². The molecule has 3 heteroatoms. The Hall–Kier alpha value is -1.28. The van der Waals surface area contributed by atoms with Crippen molar-refractivity contribution in [3.63, 3.8) is 0 Å². The number of nitrogens with zero attached hydrogens (tertiary/aromatic N) is 2. The van der Waals surface area contributed by atoms with Gasteiger partial charge >= 0.3 is 0 Å². The van der Waals surface area contributed by atoms with Gasteiger partial charge in [0.25, 0.3) is 0 Å². The van der Waals surface area contributed by atoms with E-state index in [1.807, 2.05) is 16.8 Å². The van der Waals surface area contributed by atoms with Crippen molar-refractivity contribution in [1.29, 1.82) is 0 Å². The minimum absolute atomic E-state index is 0.566. The molecule has 0 bridgehead atoms. The number of rotatable bonds is 5. The quantitative estimate of drug-likeness (QED) is 0.729. The van der Waals surface area contributed by atoms with Crippen LogP contribution in [0.25, 0.3) is 5.69 Å². The first-order chi connectivity index (χ1) is 9.72. The Bertz CT molecular complexity index is 595. The van der Waals surface area contributed by atoms with Crippen LogP contribution < -0.4 is 0 Å². The highest BCUT2D eigenvalue weighted by Crippen LogP contribution is 2.39. The number of hydrogen-bond donors (Lipinski definition) is 0. The summed E-state index contributed by atoms with van der Waals surface area (Å²) in [6, 6.07) is 8.34. The first kappa shape index (κ1) is 13.7. The predicted octanol–water partition coefficient (Wildman–Crippen LogP) is 5.31. The molecule has 0 saturated heterocycles. The maximum atomic E-state index is 6.20. The fourth-order valence-corrected chi connectivity index (χ4v) is 3.02. The standard InChI is InChI=1S/C17H21ClN2/c1-3-12(4-2)15-8-7-14(18)11-17(15)20-10-9-16(19-20)13-5-6-13/h7-13H,3-6H2,1-2H3. The molecule has 1 aromatic carbocycles. The Morgan fingerprint density at radius 3 is 2.65 bits per heavy atom. The molecule has 0 aliphatic heterocycles. The average molecular weight is 289 g/mol. The van der Waals surface area contributed by atoms with Crippen LogP contribution in [0.3, 0.4) is 0 Å². The zero-order valence-electron chi connectivity index (χ0n) is 12.1. The third kappa shape index (κ3) is 2.62. The molecule has 0 unspecified atom stereocenters. The molecule has 0 atom stereocenters. The van der Waals surface area contributed by atoms with Crippen molar-refractivity contribution in [3.05, 3.63) is 46.7 Å². The van der Waals surface area contributed by atoms with E-state index in [2.05, 4.69) is 32.2 Å². The van der Waals surface area contributed by atoms with E-state index in [1.54, 1.807) is 0 Å². The molecule has 0 N–H and O–H groups in total. The van der Waals surface area contributed by atoms with Crippen LogP contribution in [0, 0.1) is 0 Å². The topological polar surface area (TPSA) is 17.8 Å². The highest BCUT2D eigenvalue weighted by atomic mass is 35.5. The molecule has 0 amide bonds. The van der Waals surface area contributed by atoms with Gasteiger partial charge in [-0.3, -0.25) is 0 Å². The van der Waals surface area contributed by atoms with Gasteiger partial charge in [0.15, 0.2) is 0 Å². The zero-order chi connectivity index (χ0) is 14.1. The van der Waals surface area contributed by atoms with Crippen LogP contribution in [0.2, 0.25) is 5.02 Å². The Morgan fingerprint density at radius 1 is 1.25 bits per heavy atom. The van der Waals surface area contributed by atoms with E-state index >= 15 is 0 Å². The second-order valence-electron chi connectivity index (χ2n) is 5.68. The fraction of sp³-hybridized carbons (Fsp3) is 0.471. The summed E-state index contributed by atoms with van der Waals surface area (Å²) in [5.41, 5.74) is 3.71. The number of hydrogen-bond acceptors (Lipinski definition) is 1. The van der Waals surface area contributed by atoms with Crippen molar-refractivity contribution in [3.8, 4) is 5.69 Å². The molecule has 20 heavy (non-hydrogen) atoms. The molecule has 0 radical (unpaired) electrons. The summed E-state index contributed by atoms with van der Waals surface area (Å²) in [5, 5.41) is 5.53. The number of halogens is 1. The summed E-state index contributed by atoms with van der Waals surface area (Å²) >= 11 is 6.20. The molecule has 3 rings (SSSR count). The van der Waals surface area contributed by atoms with E-state index in [0.717, 1.165) is 23.6 Å². The minimum Gasteiger partial charge on any atom is -0.240 e. The van der Waals surface area contributed by atoms with Gasteiger partial charge < -0.3 is 0 Å². The largest absolute Gasteiger partial charge is 0.240 e. The van der Waals surface area contributed by atoms with E-state index in [1.165, 1.54) is 24.1 Å². The van der Waals surface area contributed by atoms with Crippen LogP contribution in [-0.4, -0.2) is 9.78 Å². The molecule has 1 saturated carbocycles. The van der Waals surface area contributed by atoms with Gasteiger partial charge in [-0.2, -0.15) is 5.10 Å². The van der Waals surface area contributed by atoms with Crippen LogP contribution in [0.4, 0.5) is 0 Å². The molecule has 106 valence electrons. The Morgan fingerprint density at radius 2 is 2.00 bits per heavy atom. The molecule has 1 fully saturated rings. The SMILES string of the molecule is CCC(CC)c1ccc(Cl)cc1-n1ccc(C2CC2)n1. The van der Waals surface area contributed by atoms with Crippen LogP contribution in [0.1, 0.15) is 62.6 Å². The van der Waals surface area contributed by atoms with Crippen molar-refractivity contribution >= 4 is 11.6 Å². The molecule has 2 nitrogen and oxygen atoms in total. The van der Waals surface area contributed by atoms with Crippen molar-refractivity contribution in [2.24, 2.45) is 0 Å². The fourth-order valence-electron chi connectivity index (χ4n) is 2.86. The minimum atomic E-state index is 0.566. The van der Waals surface area contributed by atoms with E-state index in [-0.39, 0.29) is 0 Å². The molecule has 1 aliphatic rings. The lowest BCUT2D eigenvalue weighted by Gasteiger charge is -2.18. The highest BCUT2D eigenvalue weighted by molar-refractivity contribution is 6.30. The zero-order valence-corrected chi connectivity index (χ0v) is 12.9. The summed E-state index contributed by atoms with van der Waals surface area (Å²) in [6.45, 7) is 4.48. The lowest BCUT2D eigenvalue weighted by Crippen LogP contribution is -2.05. The molecule has 1 aromatic heterocycles. The molecular formula is C17H21ClN2. The smallest absolute Gasteiger partial charge is 0.0695 e. The van der Waals surface area contributed by atoms with Gasteiger partial charge in [0, 0.05) is 17.1 Å². The molecule has 2 aromatic rings. The van der Waals surface area contributed by atoms with E-state index in [9.17, 15) is 0 Å². The monoisotopic (exact) mass is 288 g/mol. The summed E-state index contributed by atoms with van der Waals surface area (Å²) in [4.78, 5) is 0. The number of aromatic nitrogens is 2. The third-order valence-electron chi connectivity index (χ3n) is 4.27. The summed E-state index contributed by atoms with van der Waals surface area (Å²) in [6.07, 6.45) is 6.92. The van der Waals surface area contributed by atoms with Gasteiger partial charge in [0.05, 0.1) is 11.4 Å². The summed E-state index contributed by atoms with van der Waals surface area (Å²) < 4.78 is 2.01. The van der Waals surface area contributed by atoms with Gasteiger partial charge in [-0.1, -0.05) is 31.5 Å². The van der Waals surface area contributed by atoms with Crippen molar-refractivity contribution in [1.82, 2.24) is 9.78 Å². The van der Waals surface area contributed by atoms with E-state index in [4.69, 9.17) is 16.7 Å². The van der Waals surface area contributed by atoms with Gasteiger partial charge in [-0.05, 0) is 55.4 Å². The highest BCUT2D eigenvalue weighted by Gasteiger charge is 2.26. The normalized spacial score (nSPS) is 15.0. The van der Waals surface area contributed by atoms with Gasteiger partial charge in [0.2, 0.25) is 0 Å². The maximum Gasteiger partial charge on any atom is 0.0695 e. The first-order valence-electron chi connectivity index (χ1n) is 7.58. The average Bonchev–Trinajstić information content (AvgIpc) is 3.19. The van der Waals surface area contributed by atoms with Gasteiger partial charge in [0.1, 0.15) is 0 Å². The van der Waals surface area contributed by atoms with Gasteiger partial charge in [-0.15, -0.1) is 0 Å². The Labute approximate surface area is 125 Å². The van der Waals surface area contributed by atoms with Crippen molar-refractivity contribution in [2.45, 2.75) is 51.4 Å². The van der Waals surface area contributed by atoms with Crippen LogP contribution >= 0.6 is 11.6 Å². The molecule has 1 heterocycles. The number of benzene rings is 1. The summed E-state index contributed by atoms with van der Waals surface area (Å²) in [7, 11) is 0.